The Bertz CT molecular complexity index is 649. The van der Waals surface area contributed by atoms with Crippen LogP contribution in [0.3, 0.4) is 0 Å². The Morgan fingerprint density at radius 3 is 2.90 bits per heavy atom. The van der Waals surface area contributed by atoms with Gasteiger partial charge in [0.2, 0.25) is 5.88 Å². The van der Waals surface area contributed by atoms with Gasteiger partial charge in [0.15, 0.2) is 11.6 Å². The summed E-state index contributed by atoms with van der Waals surface area (Å²) in [4.78, 5) is 8.13. The molecule has 0 aliphatic carbocycles. The van der Waals surface area contributed by atoms with Crippen molar-refractivity contribution in [3.05, 3.63) is 48.2 Å². The quantitative estimate of drug-likeness (QED) is 0.875. The van der Waals surface area contributed by atoms with Crippen LogP contribution in [-0.2, 0) is 5.75 Å². The molecule has 1 heterocycles. The summed E-state index contributed by atoms with van der Waals surface area (Å²) in [5.41, 5.74) is 1.86. The first-order valence-corrected chi connectivity index (χ1v) is 7.69. The van der Waals surface area contributed by atoms with E-state index in [1.165, 1.54) is 12.4 Å². The van der Waals surface area contributed by atoms with Gasteiger partial charge in [0, 0.05) is 30.1 Å². The minimum absolute atomic E-state index is 0.109. The van der Waals surface area contributed by atoms with E-state index in [0.717, 1.165) is 11.4 Å². The van der Waals surface area contributed by atoms with E-state index in [1.807, 2.05) is 6.26 Å². The highest BCUT2D eigenvalue weighted by atomic mass is 32.2. The molecule has 0 unspecified atom stereocenters. The molecule has 0 fully saturated rings. The van der Waals surface area contributed by atoms with Crippen LogP contribution in [0.1, 0.15) is 11.3 Å². The summed E-state index contributed by atoms with van der Waals surface area (Å²) in [5, 5.41) is 2.91. The fraction of sp³-hybridized carbons (Fsp3) is 0.200. The monoisotopic (exact) mass is 305 g/mol. The summed E-state index contributed by atoms with van der Waals surface area (Å²) in [6.45, 7) is 3.62. The van der Waals surface area contributed by atoms with E-state index in [-0.39, 0.29) is 5.75 Å². The number of aromatic nitrogens is 2. The number of benzene rings is 1. The van der Waals surface area contributed by atoms with Crippen LogP contribution in [0.25, 0.3) is 6.08 Å². The molecule has 0 spiro atoms. The normalized spacial score (nSPS) is 10.2. The molecular formula is C15H16FN3OS. The first-order chi connectivity index (χ1) is 10.2. The molecule has 0 radical (unpaired) electrons. The Balaban J connectivity index is 2.31. The van der Waals surface area contributed by atoms with Gasteiger partial charge in [-0.25, -0.2) is 14.4 Å². The van der Waals surface area contributed by atoms with Crippen molar-refractivity contribution in [2.24, 2.45) is 0 Å². The number of hydrogen-bond acceptors (Lipinski definition) is 5. The molecule has 0 aliphatic rings. The molecule has 2 rings (SSSR count). The first-order valence-electron chi connectivity index (χ1n) is 6.30. The van der Waals surface area contributed by atoms with E-state index in [0.29, 0.717) is 17.1 Å². The Labute approximate surface area is 127 Å². The van der Waals surface area contributed by atoms with E-state index in [2.05, 4.69) is 21.9 Å². The van der Waals surface area contributed by atoms with Gasteiger partial charge in [-0.2, -0.15) is 11.8 Å². The molecule has 0 saturated heterocycles. The van der Waals surface area contributed by atoms with Gasteiger partial charge >= 0.3 is 0 Å². The maximum absolute atomic E-state index is 14.4. The van der Waals surface area contributed by atoms with Crippen LogP contribution in [0, 0.1) is 5.82 Å². The van der Waals surface area contributed by atoms with Gasteiger partial charge in [-0.3, -0.25) is 0 Å². The van der Waals surface area contributed by atoms with Gasteiger partial charge in [-0.1, -0.05) is 12.7 Å². The van der Waals surface area contributed by atoms with Crippen LogP contribution < -0.4 is 10.1 Å². The van der Waals surface area contributed by atoms with Crippen molar-refractivity contribution in [1.82, 2.24) is 9.97 Å². The van der Waals surface area contributed by atoms with Gasteiger partial charge < -0.3 is 10.1 Å². The average Bonchev–Trinajstić information content (AvgIpc) is 2.50. The average molecular weight is 305 g/mol. The van der Waals surface area contributed by atoms with Crippen LogP contribution in [0.15, 0.2) is 31.1 Å². The lowest BCUT2D eigenvalue weighted by Crippen LogP contribution is -1.99. The van der Waals surface area contributed by atoms with Crippen molar-refractivity contribution in [3.63, 3.8) is 0 Å². The van der Waals surface area contributed by atoms with Crippen LogP contribution in [0.4, 0.5) is 10.1 Å². The van der Waals surface area contributed by atoms with E-state index in [9.17, 15) is 4.39 Å². The summed E-state index contributed by atoms with van der Waals surface area (Å²) in [5.74, 6) is 0.706. The van der Waals surface area contributed by atoms with Crippen LogP contribution >= 0.6 is 11.8 Å². The number of hydrogen-bond donors (Lipinski definition) is 1. The van der Waals surface area contributed by atoms with Crippen molar-refractivity contribution in [2.45, 2.75) is 5.75 Å². The van der Waals surface area contributed by atoms with Crippen molar-refractivity contribution in [2.75, 3.05) is 18.6 Å². The maximum atomic E-state index is 14.4. The number of rotatable bonds is 6. The molecule has 21 heavy (non-hydrogen) atoms. The molecule has 1 N–H and O–H groups in total. The topological polar surface area (TPSA) is 47.0 Å². The van der Waals surface area contributed by atoms with Gasteiger partial charge in [-0.05, 0) is 18.4 Å². The summed E-state index contributed by atoms with van der Waals surface area (Å²) < 4.78 is 19.9. The van der Waals surface area contributed by atoms with Gasteiger partial charge in [-0.15, -0.1) is 0 Å². The Morgan fingerprint density at radius 2 is 2.24 bits per heavy atom. The second-order valence-corrected chi connectivity index (χ2v) is 5.04. The van der Waals surface area contributed by atoms with E-state index in [1.54, 1.807) is 37.0 Å². The lowest BCUT2D eigenvalue weighted by Gasteiger charge is -2.11. The van der Waals surface area contributed by atoms with Crippen molar-refractivity contribution >= 4 is 23.5 Å². The highest BCUT2D eigenvalue weighted by Gasteiger charge is 2.13. The van der Waals surface area contributed by atoms with Gasteiger partial charge in [0.05, 0.1) is 5.69 Å². The summed E-state index contributed by atoms with van der Waals surface area (Å²) >= 11 is 1.64. The number of halogens is 1. The molecule has 0 saturated carbocycles. The van der Waals surface area contributed by atoms with Gasteiger partial charge in [0.1, 0.15) is 6.33 Å². The smallest absolute Gasteiger partial charge is 0.222 e. The van der Waals surface area contributed by atoms with Crippen LogP contribution in [-0.4, -0.2) is 23.3 Å². The summed E-state index contributed by atoms with van der Waals surface area (Å²) in [6.07, 6.45) is 4.84. The zero-order valence-corrected chi connectivity index (χ0v) is 12.7. The van der Waals surface area contributed by atoms with E-state index < -0.39 is 5.82 Å². The van der Waals surface area contributed by atoms with E-state index >= 15 is 0 Å². The van der Waals surface area contributed by atoms with E-state index in [4.69, 9.17) is 4.74 Å². The molecule has 0 atom stereocenters. The molecular weight excluding hydrogens is 289 g/mol. The molecule has 0 aliphatic heterocycles. The van der Waals surface area contributed by atoms with Crippen molar-refractivity contribution in [1.29, 1.82) is 0 Å². The highest BCUT2D eigenvalue weighted by molar-refractivity contribution is 7.97. The minimum atomic E-state index is -0.470. The molecule has 1 aromatic carbocycles. The molecule has 4 nitrogen and oxygen atoms in total. The predicted octanol–water partition coefficient (Wildman–Crippen LogP) is 3.96. The third kappa shape index (κ3) is 3.52. The molecule has 6 heteroatoms. The number of ether oxygens (including phenoxy) is 1. The molecule has 2 aromatic rings. The number of nitrogens with zero attached hydrogens (tertiary/aromatic N) is 2. The summed E-state index contributed by atoms with van der Waals surface area (Å²) in [6, 6.07) is 5.00. The highest BCUT2D eigenvalue weighted by Crippen LogP contribution is 2.30. The maximum Gasteiger partial charge on any atom is 0.222 e. The van der Waals surface area contributed by atoms with Crippen LogP contribution in [0.5, 0.6) is 11.6 Å². The predicted molar refractivity (Wildman–Crippen MR) is 85.4 cm³/mol. The lowest BCUT2D eigenvalue weighted by molar-refractivity contribution is 0.425. The van der Waals surface area contributed by atoms with Crippen molar-refractivity contribution < 1.29 is 9.13 Å². The van der Waals surface area contributed by atoms with Gasteiger partial charge in [0.25, 0.3) is 0 Å². The van der Waals surface area contributed by atoms with Crippen molar-refractivity contribution in [3.8, 4) is 11.6 Å². The molecule has 0 amide bonds. The number of thioether (sulfide) groups is 1. The Morgan fingerprint density at radius 1 is 1.43 bits per heavy atom. The first kappa shape index (κ1) is 15.3. The number of nitrogens with one attached hydrogen (secondary N) is 1. The standard InChI is InChI=1S/C15H16FN3OS/c1-4-11-12(17-2)5-6-13(15(11)16)20-14-7-10(8-21-3)18-9-19-14/h4-7,9,17H,1,8H2,2-3H3. The lowest BCUT2D eigenvalue weighted by atomic mass is 10.1. The second-order valence-electron chi connectivity index (χ2n) is 4.18. The third-order valence-electron chi connectivity index (χ3n) is 2.82. The zero-order valence-electron chi connectivity index (χ0n) is 11.9. The third-order valence-corrected chi connectivity index (χ3v) is 3.41. The summed E-state index contributed by atoms with van der Waals surface area (Å²) in [7, 11) is 1.72. The molecule has 1 aromatic heterocycles. The second kappa shape index (κ2) is 7.08. The fourth-order valence-electron chi connectivity index (χ4n) is 1.84. The van der Waals surface area contributed by atoms with Crippen LogP contribution in [0.2, 0.25) is 0 Å². The minimum Gasteiger partial charge on any atom is -0.436 e. The Hall–Kier alpha value is -2.08. The molecule has 0 bridgehead atoms. The SMILES string of the molecule is C=Cc1c(NC)ccc(Oc2cc(CSC)ncn2)c1F. The largest absolute Gasteiger partial charge is 0.436 e. The Kier molecular flexibility index (Phi) is 5.16. The number of anilines is 1. The molecule has 110 valence electrons. The fourth-order valence-corrected chi connectivity index (χ4v) is 2.30. The zero-order chi connectivity index (χ0) is 15.2.